The Morgan fingerprint density at radius 2 is 1.91 bits per heavy atom. The molecule has 0 radical (unpaired) electrons. The summed E-state index contributed by atoms with van der Waals surface area (Å²) in [6.07, 6.45) is 8.63. The summed E-state index contributed by atoms with van der Waals surface area (Å²) in [5.41, 5.74) is -0.861. The van der Waals surface area contributed by atoms with E-state index in [-0.39, 0.29) is 18.0 Å². The molecule has 3 fully saturated rings. The maximum Gasteiger partial charge on any atom is 0.236 e. The molecule has 0 spiro atoms. The van der Waals surface area contributed by atoms with Crippen LogP contribution in [-0.4, -0.2) is 52.5 Å². The van der Waals surface area contributed by atoms with Gasteiger partial charge in [-0.05, 0) is 57.1 Å². The molecule has 4 rings (SSSR count). The molecule has 1 N–H and O–H groups in total. The third-order valence-corrected chi connectivity index (χ3v) is 5.92. The molecule has 2 atom stereocenters. The van der Waals surface area contributed by atoms with Gasteiger partial charge >= 0.3 is 0 Å². The average Bonchev–Trinajstić information content (AvgIpc) is 3.18. The van der Waals surface area contributed by atoms with E-state index in [1.165, 1.54) is 6.42 Å². The van der Waals surface area contributed by atoms with E-state index in [0.29, 0.717) is 25.1 Å². The standard InChI is InChI=1S/C18H26N2O3/c21-17(19-8-2-1-3-9-19)13-20-14-6-7-15(20)12-18(22,11-14)16-5-4-10-23-16/h4-5,10,14-15,22H,1-3,6-9,11-13H2/t14-,15-/m1/s1. The van der Waals surface area contributed by atoms with Crippen molar-refractivity contribution in [3.63, 3.8) is 0 Å². The molecule has 3 aliphatic heterocycles. The lowest BCUT2D eigenvalue weighted by Gasteiger charge is -2.43. The zero-order valence-electron chi connectivity index (χ0n) is 13.6. The van der Waals surface area contributed by atoms with Crippen LogP contribution in [0.4, 0.5) is 0 Å². The topological polar surface area (TPSA) is 56.9 Å². The normalized spacial score (nSPS) is 34.7. The maximum absolute atomic E-state index is 12.6. The Morgan fingerprint density at radius 3 is 2.52 bits per heavy atom. The van der Waals surface area contributed by atoms with Crippen molar-refractivity contribution in [2.24, 2.45) is 0 Å². The number of carbonyl (C=O) groups excluding carboxylic acids is 1. The Morgan fingerprint density at radius 1 is 1.22 bits per heavy atom. The van der Waals surface area contributed by atoms with Gasteiger partial charge in [0.2, 0.25) is 5.91 Å². The number of furan rings is 1. The van der Waals surface area contributed by atoms with Crippen molar-refractivity contribution >= 4 is 5.91 Å². The molecule has 0 saturated carbocycles. The molecule has 2 bridgehead atoms. The van der Waals surface area contributed by atoms with Crippen molar-refractivity contribution in [3.05, 3.63) is 24.2 Å². The molecule has 5 nitrogen and oxygen atoms in total. The van der Waals surface area contributed by atoms with Crippen molar-refractivity contribution in [3.8, 4) is 0 Å². The van der Waals surface area contributed by atoms with Crippen LogP contribution in [0.25, 0.3) is 0 Å². The second kappa shape index (κ2) is 5.95. The van der Waals surface area contributed by atoms with Crippen molar-refractivity contribution in [1.82, 2.24) is 9.80 Å². The van der Waals surface area contributed by atoms with Crippen LogP contribution in [0.2, 0.25) is 0 Å². The minimum absolute atomic E-state index is 0.269. The summed E-state index contributed by atoms with van der Waals surface area (Å²) < 4.78 is 5.47. The number of piperidine rings is 2. The summed E-state index contributed by atoms with van der Waals surface area (Å²) in [5.74, 6) is 0.946. The first-order valence-electron chi connectivity index (χ1n) is 8.96. The summed E-state index contributed by atoms with van der Waals surface area (Å²) in [4.78, 5) is 16.9. The fourth-order valence-corrected chi connectivity index (χ4v) is 4.72. The zero-order chi connectivity index (χ0) is 15.9. The van der Waals surface area contributed by atoms with Gasteiger partial charge in [0.15, 0.2) is 0 Å². The van der Waals surface area contributed by atoms with E-state index in [1.807, 2.05) is 17.0 Å². The van der Waals surface area contributed by atoms with Gasteiger partial charge in [0, 0.05) is 25.2 Å². The number of hydrogen-bond acceptors (Lipinski definition) is 4. The van der Waals surface area contributed by atoms with Gasteiger partial charge in [-0.2, -0.15) is 0 Å². The number of amides is 1. The molecule has 3 aliphatic rings. The van der Waals surface area contributed by atoms with Crippen LogP contribution in [0.15, 0.2) is 22.8 Å². The van der Waals surface area contributed by atoms with E-state index in [4.69, 9.17) is 4.42 Å². The van der Waals surface area contributed by atoms with Crippen LogP contribution in [-0.2, 0) is 10.4 Å². The summed E-state index contributed by atoms with van der Waals surface area (Å²) in [5, 5.41) is 11.0. The molecular weight excluding hydrogens is 292 g/mol. The minimum atomic E-state index is -0.861. The second-order valence-electron chi connectivity index (χ2n) is 7.42. The zero-order valence-corrected chi connectivity index (χ0v) is 13.6. The molecule has 126 valence electrons. The number of likely N-dealkylation sites (tertiary alicyclic amines) is 1. The van der Waals surface area contributed by atoms with Crippen LogP contribution in [0, 0.1) is 0 Å². The van der Waals surface area contributed by atoms with Gasteiger partial charge in [-0.1, -0.05) is 0 Å². The number of fused-ring (bicyclic) bond motifs is 2. The molecule has 5 heteroatoms. The minimum Gasteiger partial charge on any atom is -0.466 e. The van der Waals surface area contributed by atoms with E-state index in [1.54, 1.807) is 6.26 Å². The fourth-order valence-electron chi connectivity index (χ4n) is 4.72. The smallest absolute Gasteiger partial charge is 0.236 e. The van der Waals surface area contributed by atoms with E-state index in [0.717, 1.165) is 38.8 Å². The third-order valence-electron chi connectivity index (χ3n) is 5.92. The highest BCUT2D eigenvalue weighted by molar-refractivity contribution is 5.78. The third kappa shape index (κ3) is 2.81. The molecule has 0 aliphatic carbocycles. The van der Waals surface area contributed by atoms with Gasteiger partial charge < -0.3 is 14.4 Å². The second-order valence-corrected chi connectivity index (χ2v) is 7.42. The van der Waals surface area contributed by atoms with Gasteiger partial charge in [-0.25, -0.2) is 0 Å². The van der Waals surface area contributed by atoms with Crippen LogP contribution >= 0.6 is 0 Å². The monoisotopic (exact) mass is 318 g/mol. The number of aliphatic hydroxyl groups is 1. The molecule has 1 amide bonds. The van der Waals surface area contributed by atoms with E-state index < -0.39 is 5.60 Å². The molecule has 3 saturated heterocycles. The predicted octanol–water partition coefficient (Wildman–Crippen LogP) is 2.11. The Hall–Kier alpha value is -1.33. The summed E-state index contributed by atoms with van der Waals surface area (Å²) in [6, 6.07) is 4.28. The van der Waals surface area contributed by atoms with E-state index in [9.17, 15) is 9.90 Å². The lowest BCUT2D eigenvalue weighted by molar-refractivity contribution is -0.137. The van der Waals surface area contributed by atoms with E-state index in [2.05, 4.69) is 4.90 Å². The highest BCUT2D eigenvalue weighted by Crippen LogP contribution is 2.45. The first-order valence-corrected chi connectivity index (χ1v) is 8.96. The first-order chi connectivity index (χ1) is 11.2. The molecule has 4 heterocycles. The number of nitrogens with zero attached hydrogens (tertiary/aromatic N) is 2. The van der Waals surface area contributed by atoms with E-state index >= 15 is 0 Å². The van der Waals surface area contributed by atoms with Gasteiger partial charge in [0.1, 0.15) is 11.4 Å². The summed E-state index contributed by atoms with van der Waals surface area (Å²) in [6.45, 7) is 2.35. The van der Waals surface area contributed by atoms with Gasteiger partial charge in [-0.3, -0.25) is 9.69 Å². The number of rotatable bonds is 3. The van der Waals surface area contributed by atoms with Crippen molar-refractivity contribution < 1.29 is 14.3 Å². The molecule has 23 heavy (non-hydrogen) atoms. The van der Waals surface area contributed by atoms with Crippen LogP contribution in [0.1, 0.15) is 50.7 Å². The molecule has 0 aromatic carbocycles. The van der Waals surface area contributed by atoms with Gasteiger partial charge in [-0.15, -0.1) is 0 Å². The lowest BCUT2D eigenvalue weighted by atomic mass is 9.84. The molecular formula is C18H26N2O3. The van der Waals surface area contributed by atoms with Gasteiger partial charge in [0.05, 0.1) is 12.8 Å². The molecule has 1 aromatic rings. The molecule has 0 unspecified atom stereocenters. The molecule has 1 aromatic heterocycles. The summed E-state index contributed by atoms with van der Waals surface area (Å²) in [7, 11) is 0. The number of hydrogen-bond donors (Lipinski definition) is 1. The largest absolute Gasteiger partial charge is 0.466 e. The highest BCUT2D eigenvalue weighted by Gasteiger charge is 2.50. The SMILES string of the molecule is O=C(CN1[C@@H]2CC[C@@H]1CC(O)(c1ccco1)C2)N1CCCCC1. The van der Waals surface area contributed by atoms with Crippen LogP contribution < -0.4 is 0 Å². The van der Waals surface area contributed by atoms with Gasteiger partial charge in [0.25, 0.3) is 0 Å². The fraction of sp³-hybridized carbons (Fsp3) is 0.722. The quantitative estimate of drug-likeness (QED) is 0.927. The summed E-state index contributed by atoms with van der Waals surface area (Å²) >= 11 is 0. The van der Waals surface area contributed by atoms with Crippen molar-refractivity contribution in [2.75, 3.05) is 19.6 Å². The number of carbonyl (C=O) groups is 1. The average molecular weight is 318 g/mol. The Labute approximate surface area is 137 Å². The highest BCUT2D eigenvalue weighted by atomic mass is 16.4. The van der Waals surface area contributed by atoms with Crippen LogP contribution in [0.3, 0.4) is 0 Å². The van der Waals surface area contributed by atoms with Crippen LogP contribution in [0.5, 0.6) is 0 Å². The van der Waals surface area contributed by atoms with Crippen molar-refractivity contribution in [2.45, 2.75) is 62.6 Å². The lowest BCUT2D eigenvalue weighted by Crippen LogP contribution is -2.53. The van der Waals surface area contributed by atoms with Crippen molar-refractivity contribution in [1.29, 1.82) is 0 Å². The maximum atomic E-state index is 12.6. The first kappa shape index (κ1) is 15.2. The Balaban J connectivity index is 1.43. The predicted molar refractivity (Wildman–Crippen MR) is 85.8 cm³/mol. The Bertz CT molecular complexity index is 537. The Kier molecular flexibility index (Phi) is 3.93.